The molecular weight excluding hydrogens is 251 g/mol. The Kier molecular flexibility index (Phi) is 4.19. The normalized spacial score (nSPS) is 23.8. The molecule has 1 aliphatic rings. The van der Waals surface area contributed by atoms with Crippen LogP contribution in [0.3, 0.4) is 0 Å². The van der Waals surface area contributed by atoms with Crippen LogP contribution in [-0.4, -0.2) is 13.6 Å². The van der Waals surface area contributed by atoms with Crippen molar-refractivity contribution in [3.63, 3.8) is 0 Å². The van der Waals surface area contributed by atoms with Gasteiger partial charge in [-0.1, -0.05) is 12.5 Å². The Morgan fingerprint density at radius 3 is 2.58 bits per heavy atom. The third kappa shape index (κ3) is 3.11. The number of rotatable bonds is 3. The highest BCUT2D eigenvalue weighted by atomic mass is 19.4. The van der Waals surface area contributed by atoms with Gasteiger partial charge in [0.25, 0.3) is 0 Å². The number of halogens is 3. The smallest absolute Gasteiger partial charge is 0.319 e. The van der Waals surface area contributed by atoms with E-state index in [1.165, 1.54) is 12.1 Å². The minimum atomic E-state index is -4.25. The van der Waals surface area contributed by atoms with Gasteiger partial charge in [-0.15, -0.1) is 0 Å². The zero-order chi connectivity index (χ0) is 14.0. The summed E-state index contributed by atoms with van der Waals surface area (Å²) in [6.07, 6.45) is -0.842. The van der Waals surface area contributed by atoms with Crippen molar-refractivity contribution >= 4 is 0 Å². The van der Waals surface area contributed by atoms with Gasteiger partial charge >= 0.3 is 6.18 Å². The molecule has 1 N–H and O–H groups in total. The second-order valence-corrected chi connectivity index (χ2v) is 5.42. The van der Waals surface area contributed by atoms with Gasteiger partial charge in [0.15, 0.2) is 0 Å². The van der Waals surface area contributed by atoms with Crippen molar-refractivity contribution < 1.29 is 13.2 Å². The van der Waals surface area contributed by atoms with Crippen molar-refractivity contribution in [1.29, 1.82) is 0 Å². The highest BCUT2D eigenvalue weighted by Gasteiger charge is 2.33. The van der Waals surface area contributed by atoms with Crippen LogP contribution in [0.25, 0.3) is 0 Å². The lowest BCUT2D eigenvalue weighted by atomic mass is 9.85. The molecule has 0 aliphatic heterocycles. The van der Waals surface area contributed by atoms with Gasteiger partial charge in [-0.25, -0.2) is 0 Å². The molecule has 1 aromatic rings. The molecule has 2 atom stereocenters. The van der Waals surface area contributed by atoms with Crippen LogP contribution in [0.5, 0.6) is 0 Å². The summed E-state index contributed by atoms with van der Waals surface area (Å²) in [4.78, 5) is 0. The van der Waals surface area contributed by atoms with E-state index in [0.29, 0.717) is 11.8 Å². The maximum atomic E-state index is 12.7. The maximum absolute atomic E-state index is 12.7. The van der Waals surface area contributed by atoms with Crippen molar-refractivity contribution in [2.24, 2.45) is 5.92 Å². The zero-order valence-electron chi connectivity index (χ0n) is 11.3. The first kappa shape index (κ1) is 14.4. The minimum absolute atomic E-state index is 0.398. The van der Waals surface area contributed by atoms with Crippen LogP contribution >= 0.6 is 0 Å². The van der Waals surface area contributed by atoms with E-state index in [9.17, 15) is 13.2 Å². The Morgan fingerprint density at radius 1 is 1.26 bits per heavy atom. The number of hydrogen-bond donors (Lipinski definition) is 1. The van der Waals surface area contributed by atoms with Gasteiger partial charge in [0, 0.05) is 0 Å². The summed E-state index contributed by atoms with van der Waals surface area (Å²) in [5, 5.41) is 3.18. The van der Waals surface area contributed by atoms with E-state index in [2.05, 4.69) is 5.32 Å². The number of nitrogens with one attached hydrogen (secondary N) is 1. The molecule has 0 saturated heterocycles. The summed E-state index contributed by atoms with van der Waals surface area (Å²) in [6, 6.07) is 4.18. The summed E-state index contributed by atoms with van der Waals surface area (Å²) in [7, 11) is 1.93. The van der Waals surface area contributed by atoms with E-state index < -0.39 is 11.7 Å². The number of aryl methyl sites for hydroxylation is 1. The third-order valence-corrected chi connectivity index (χ3v) is 4.12. The first-order valence-corrected chi connectivity index (χ1v) is 6.76. The van der Waals surface area contributed by atoms with Crippen LogP contribution in [0.1, 0.15) is 41.9 Å². The van der Waals surface area contributed by atoms with Crippen molar-refractivity contribution in [1.82, 2.24) is 5.32 Å². The van der Waals surface area contributed by atoms with Crippen LogP contribution in [0.15, 0.2) is 18.2 Å². The Hall–Kier alpha value is -1.03. The van der Waals surface area contributed by atoms with E-state index >= 15 is 0 Å². The molecule has 106 valence electrons. The molecule has 0 heterocycles. The van der Waals surface area contributed by atoms with Crippen LogP contribution in [0.2, 0.25) is 0 Å². The van der Waals surface area contributed by atoms with E-state index in [1.54, 1.807) is 13.0 Å². The lowest BCUT2D eigenvalue weighted by Gasteiger charge is -2.22. The van der Waals surface area contributed by atoms with E-state index in [1.807, 2.05) is 7.05 Å². The molecule has 4 heteroatoms. The van der Waals surface area contributed by atoms with Gasteiger partial charge in [0.1, 0.15) is 0 Å². The standard InChI is InChI=1S/C15H20F3N/c1-10-8-12(15(16,17)18)6-7-13(10)14-5-3-4-11(14)9-19-2/h6-8,11,14,19H,3-5,9H2,1-2H3. The fourth-order valence-corrected chi connectivity index (χ4v) is 3.22. The highest BCUT2D eigenvalue weighted by molar-refractivity contribution is 5.35. The van der Waals surface area contributed by atoms with Gasteiger partial charge in [-0.3, -0.25) is 0 Å². The van der Waals surface area contributed by atoms with Crippen LogP contribution < -0.4 is 5.32 Å². The lowest BCUT2D eigenvalue weighted by Crippen LogP contribution is -2.21. The molecule has 2 rings (SSSR count). The lowest BCUT2D eigenvalue weighted by molar-refractivity contribution is -0.137. The minimum Gasteiger partial charge on any atom is -0.319 e. The summed E-state index contributed by atoms with van der Waals surface area (Å²) in [5.74, 6) is 0.940. The van der Waals surface area contributed by atoms with Crippen LogP contribution in [-0.2, 0) is 6.18 Å². The second kappa shape index (κ2) is 5.53. The molecule has 0 bridgehead atoms. The van der Waals surface area contributed by atoms with Crippen molar-refractivity contribution in [2.75, 3.05) is 13.6 Å². The molecule has 0 spiro atoms. The number of hydrogen-bond acceptors (Lipinski definition) is 1. The Balaban J connectivity index is 2.26. The van der Waals surface area contributed by atoms with E-state index in [0.717, 1.165) is 36.9 Å². The molecule has 1 saturated carbocycles. The number of benzene rings is 1. The monoisotopic (exact) mass is 271 g/mol. The fraction of sp³-hybridized carbons (Fsp3) is 0.600. The van der Waals surface area contributed by atoms with Crippen molar-refractivity contribution in [3.8, 4) is 0 Å². The predicted molar refractivity (Wildman–Crippen MR) is 70.2 cm³/mol. The molecule has 2 unspecified atom stereocenters. The molecule has 0 aromatic heterocycles. The Morgan fingerprint density at radius 2 is 2.00 bits per heavy atom. The summed E-state index contributed by atoms with van der Waals surface area (Å²) < 4.78 is 38.0. The average molecular weight is 271 g/mol. The van der Waals surface area contributed by atoms with Crippen molar-refractivity contribution in [2.45, 2.75) is 38.3 Å². The molecule has 1 nitrogen and oxygen atoms in total. The summed E-state index contributed by atoms with van der Waals surface area (Å²) >= 11 is 0. The SMILES string of the molecule is CNCC1CCCC1c1ccc(C(F)(F)F)cc1C. The Bertz CT molecular complexity index is 440. The maximum Gasteiger partial charge on any atom is 0.416 e. The molecule has 0 amide bonds. The van der Waals surface area contributed by atoms with Gasteiger partial charge in [0.2, 0.25) is 0 Å². The van der Waals surface area contributed by atoms with Gasteiger partial charge < -0.3 is 5.32 Å². The topological polar surface area (TPSA) is 12.0 Å². The summed E-state index contributed by atoms with van der Waals surface area (Å²) in [6.45, 7) is 2.73. The molecular formula is C15H20F3N. The van der Waals surface area contributed by atoms with Crippen LogP contribution in [0, 0.1) is 12.8 Å². The van der Waals surface area contributed by atoms with Crippen molar-refractivity contribution in [3.05, 3.63) is 34.9 Å². The molecule has 19 heavy (non-hydrogen) atoms. The molecule has 0 radical (unpaired) electrons. The summed E-state index contributed by atoms with van der Waals surface area (Å²) in [5.41, 5.74) is 1.31. The zero-order valence-corrected chi connectivity index (χ0v) is 11.3. The second-order valence-electron chi connectivity index (χ2n) is 5.42. The largest absolute Gasteiger partial charge is 0.416 e. The molecule has 1 aliphatic carbocycles. The van der Waals surface area contributed by atoms with E-state index in [-0.39, 0.29) is 0 Å². The fourth-order valence-electron chi connectivity index (χ4n) is 3.22. The number of alkyl halides is 3. The van der Waals surface area contributed by atoms with Gasteiger partial charge in [-0.2, -0.15) is 13.2 Å². The van der Waals surface area contributed by atoms with Gasteiger partial charge in [-0.05, 0) is 68.5 Å². The highest BCUT2D eigenvalue weighted by Crippen LogP contribution is 2.41. The molecule has 1 fully saturated rings. The van der Waals surface area contributed by atoms with Crippen LogP contribution in [0.4, 0.5) is 13.2 Å². The van der Waals surface area contributed by atoms with Gasteiger partial charge in [0.05, 0.1) is 5.56 Å². The predicted octanol–water partition coefficient (Wildman–Crippen LogP) is 4.12. The average Bonchev–Trinajstić information content (AvgIpc) is 2.76. The first-order chi connectivity index (χ1) is 8.93. The Labute approximate surface area is 112 Å². The first-order valence-electron chi connectivity index (χ1n) is 6.76. The molecule has 1 aromatic carbocycles. The quantitative estimate of drug-likeness (QED) is 0.872. The third-order valence-electron chi connectivity index (χ3n) is 4.12. The van der Waals surface area contributed by atoms with E-state index in [4.69, 9.17) is 0 Å².